The van der Waals surface area contributed by atoms with Crippen molar-refractivity contribution in [3.63, 3.8) is 0 Å². The number of rotatable bonds is 2. The highest BCUT2D eigenvalue weighted by atomic mass is 35.5. The van der Waals surface area contributed by atoms with E-state index in [2.05, 4.69) is 14.5 Å². The average Bonchev–Trinajstić information content (AvgIpc) is 3.43. The molecule has 1 aromatic carbocycles. The number of carbonyl (C=O) groups excluding carboxylic acids is 1. The van der Waals surface area contributed by atoms with Gasteiger partial charge in [0, 0.05) is 22.7 Å². The van der Waals surface area contributed by atoms with Gasteiger partial charge in [-0.25, -0.2) is 14.8 Å². The Hall–Kier alpha value is -2.19. The molecular weight excluding hydrogens is 441 g/mol. The topological polar surface area (TPSA) is 75.5 Å². The van der Waals surface area contributed by atoms with E-state index in [1.807, 2.05) is 32.2 Å². The van der Waals surface area contributed by atoms with Gasteiger partial charge in [-0.2, -0.15) is 0 Å². The van der Waals surface area contributed by atoms with E-state index in [0.717, 1.165) is 16.6 Å². The number of ether oxygens (including phenoxy) is 3. The fraction of sp³-hybridized carbons (Fsp3) is 0.409. The first kappa shape index (κ1) is 19.5. The Morgan fingerprint density at radius 1 is 1.13 bits per heavy atom. The van der Waals surface area contributed by atoms with Crippen molar-refractivity contribution in [2.45, 2.75) is 50.4 Å². The van der Waals surface area contributed by atoms with Gasteiger partial charge in [-0.1, -0.05) is 29.3 Å². The van der Waals surface area contributed by atoms with Crippen LogP contribution < -0.4 is 0 Å². The second-order valence-corrected chi connectivity index (χ2v) is 9.51. The third-order valence-electron chi connectivity index (χ3n) is 6.46. The number of cyclic esters (lactones) is 1. The van der Waals surface area contributed by atoms with Crippen molar-refractivity contribution in [2.24, 2.45) is 5.92 Å². The minimum atomic E-state index is -0.743. The summed E-state index contributed by atoms with van der Waals surface area (Å²) in [6, 6.07) is 7.17. The molecule has 3 aromatic rings. The molecule has 0 spiro atoms. The number of nitrogens with zero attached hydrogens (tertiary/aromatic N) is 3. The molecule has 1 unspecified atom stereocenters. The van der Waals surface area contributed by atoms with Crippen LogP contribution in [0.5, 0.6) is 0 Å². The lowest BCUT2D eigenvalue weighted by Crippen LogP contribution is -2.29. The first-order chi connectivity index (χ1) is 14.8. The van der Waals surface area contributed by atoms with Crippen LogP contribution >= 0.6 is 23.2 Å². The summed E-state index contributed by atoms with van der Waals surface area (Å²) in [5.41, 5.74) is 2.10. The SMILES string of the molecule is CC1(C)O[C@@H]2[C@@H]([C@@H]3OC(=O)c4cc(Cl)ccc43)CC(n3ccc4c(Cl)ncnc43)[C@@H]2O1. The van der Waals surface area contributed by atoms with Crippen LogP contribution in [0.25, 0.3) is 11.0 Å². The molecule has 4 heterocycles. The van der Waals surface area contributed by atoms with Gasteiger partial charge < -0.3 is 18.8 Å². The smallest absolute Gasteiger partial charge is 0.339 e. The summed E-state index contributed by atoms with van der Waals surface area (Å²) in [6.07, 6.45) is 3.22. The van der Waals surface area contributed by atoms with E-state index < -0.39 is 11.9 Å². The Bertz CT molecular complexity index is 1230. The summed E-state index contributed by atoms with van der Waals surface area (Å²) in [4.78, 5) is 21.1. The Balaban J connectivity index is 1.43. The van der Waals surface area contributed by atoms with Crippen molar-refractivity contribution >= 4 is 40.2 Å². The molecular formula is C22H19Cl2N3O4. The Morgan fingerprint density at radius 3 is 2.77 bits per heavy atom. The van der Waals surface area contributed by atoms with Crippen molar-refractivity contribution in [1.29, 1.82) is 0 Å². The lowest BCUT2D eigenvalue weighted by atomic mass is 9.91. The van der Waals surface area contributed by atoms with E-state index in [0.29, 0.717) is 22.2 Å². The molecule has 1 saturated carbocycles. The van der Waals surface area contributed by atoms with E-state index in [9.17, 15) is 4.79 Å². The Morgan fingerprint density at radius 2 is 1.94 bits per heavy atom. The molecule has 1 saturated heterocycles. The van der Waals surface area contributed by atoms with Crippen LogP contribution in [0, 0.1) is 5.92 Å². The molecule has 5 atom stereocenters. The fourth-order valence-electron chi connectivity index (χ4n) is 5.28. The molecule has 1 aliphatic carbocycles. The molecule has 3 aliphatic rings. The predicted molar refractivity (Wildman–Crippen MR) is 113 cm³/mol. The van der Waals surface area contributed by atoms with Crippen molar-refractivity contribution in [3.8, 4) is 0 Å². The number of carbonyl (C=O) groups is 1. The van der Waals surface area contributed by atoms with Gasteiger partial charge in [-0.05, 0) is 38.5 Å². The van der Waals surface area contributed by atoms with Gasteiger partial charge >= 0.3 is 5.97 Å². The van der Waals surface area contributed by atoms with Crippen molar-refractivity contribution < 1.29 is 19.0 Å². The second-order valence-electron chi connectivity index (χ2n) is 8.71. The summed E-state index contributed by atoms with van der Waals surface area (Å²) in [5, 5.41) is 1.71. The Kier molecular flexibility index (Phi) is 4.18. The predicted octanol–water partition coefficient (Wildman–Crippen LogP) is 4.73. The van der Waals surface area contributed by atoms with Crippen LogP contribution in [-0.2, 0) is 14.2 Å². The molecule has 0 bridgehead atoms. The number of benzene rings is 1. The molecule has 9 heteroatoms. The lowest BCUT2D eigenvalue weighted by molar-refractivity contribution is -0.164. The fourth-order valence-corrected chi connectivity index (χ4v) is 5.65. The summed E-state index contributed by atoms with van der Waals surface area (Å²) in [6.45, 7) is 3.81. The van der Waals surface area contributed by atoms with E-state index >= 15 is 0 Å². The number of hydrogen-bond acceptors (Lipinski definition) is 6. The van der Waals surface area contributed by atoms with Crippen LogP contribution in [0.4, 0.5) is 0 Å². The first-order valence-corrected chi connectivity index (χ1v) is 10.9. The van der Waals surface area contributed by atoms with Crippen LogP contribution in [0.15, 0.2) is 36.8 Å². The summed E-state index contributed by atoms with van der Waals surface area (Å²) in [7, 11) is 0. The molecule has 2 aliphatic heterocycles. The van der Waals surface area contributed by atoms with E-state index in [4.69, 9.17) is 37.4 Å². The highest BCUT2D eigenvalue weighted by molar-refractivity contribution is 6.33. The zero-order valence-electron chi connectivity index (χ0n) is 16.8. The molecule has 7 nitrogen and oxygen atoms in total. The van der Waals surface area contributed by atoms with Crippen LogP contribution in [0.2, 0.25) is 10.2 Å². The van der Waals surface area contributed by atoms with Crippen LogP contribution in [-0.4, -0.2) is 38.5 Å². The van der Waals surface area contributed by atoms with Gasteiger partial charge in [0.15, 0.2) is 5.79 Å². The van der Waals surface area contributed by atoms with Crippen molar-refractivity contribution in [1.82, 2.24) is 14.5 Å². The normalized spacial score (nSPS) is 31.1. The third-order valence-corrected chi connectivity index (χ3v) is 7.00. The molecule has 6 rings (SSSR count). The van der Waals surface area contributed by atoms with Crippen LogP contribution in [0.1, 0.15) is 48.3 Å². The minimum absolute atomic E-state index is 0.0599. The van der Waals surface area contributed by atoms with Gasteiger partial charge in [0.05, 0.1) is 23.1 Å². The zero-order valence-corrected chi connectivity index (χ0v) is 18.3. The largest absolute Gasteiger partial charge is 0.453 e. The lowest BCUT2D eigenvalue weighted by Gasteiger charge is -2.26. The maximum atomic E-state index is 12.5. The van der Waals surface area contributed by atoms with Crippen molar-refractivity contribution in [3.05, 3.63) is 58.1 Å². The number of hydrogen-bond donors (Lipinski definition) is 0. The van der Waals surface area contributed by atoms with E-state index in [1.165, 1.54) is 6.33 Å². The molecule has 2 fully saturated rings. The van der Waals surface area contributed by atoms with Gasteiger partial charge in [-0.15, -0.1) is 0 Å². The minimum Gasteiger partial charge on any atom is -0.453 e. The average molecular weight is 460 g/mol. The van der Waals surface area contributed by atoms with Crippen molar-refractivity contribution in [2.75, 3.05) is 0 Å². The van der Waals surface area contributed by atoms with Gasteiger partial charge in [0.25, 0.3) is 0 Å². The van der Waals surface area contributed by atoms with E-state index in [-0.39, 0.29) is 30.1 Å². The molecule has 2 aromatic heterocycles. The number of halogens is 2. The molecule has 160 valence electrons. The van der Waals surface area contributed by atoms with Gasteiger partial charge in [0.2, 0.25) is 0 Å². The zero-order chi connectivity index (χ0) is 21.5. The standard InChI is InChI=1S/C22H19Cl2N3O4/c1-22(2)30-17-14(16-11-4-3-10(23)7-13(11)21(28)29-16)8-15(18(17)31-22)27-6-5-12-19(24)25-9-26-20(12)27/h3-7,9,14-18H,8H2,1-2H3/t14-,15?,16-,17-,18+/m1/s1. The van der Waals surface area contributed by atoms with Gasteiger partial charge in [-0.3, -0.25) is 0 Å². The maximum absolute atomic E-state index is 12.5. The quantitative estimate of drug-likeness (QED) is 0.407. The highest BCUT2D eigenvalue weighted by Crippen LogP contribution is 2.54. The molecule has 31 heavy (non-hydrogen) atoms. The monoisotopic (exact) mass is 459 g/mol. The maximum Gasteiger partial charge on any atom is 0.339 e. The highest BCUT2D eigenvalue weighted by Gasteiger charge is 2.58. The van der Waals surface area contributed by atoms with Gasteiger partial charge in [0.1, 0.15) is 29.3 Å². The Labute approximate surface area is 188 Å². The number of esters is 1. The summed E-state index contributed by atoms with van der Waals surface area (Å²) in [5.74, 6) is -1.18. The molecule has 0 radical (unpaired) electrons. The molecule has 0 N–H and O–H groups in total. The number of fused-ring (bicyclic) bond motifs is 3. The summed E-state index contributed by atoms with van der Waals surface area (Å²) >= 11 is 12.4. The number of aromatic nitrogens is 3. The summed E-state index contributed by atoms with van der Waals surface area (Å²) < 4.78 is 20.6. The van der Waals surface area contributed by atoms with Crippen LogP contribution in [0.3, 0.4) is 0 Å². The first-order valence-electron chi connectivity index (χ1n) is 10.2. The third kappa shape index (κ3) is 2.91. The molecule has 0 amide bonds. The van der Waals surface area contributed by atoms with E-state index in [1.54, 1.807) is 12.1 Å². The second kappa shape index (κ2) is 6.65.